The monoisotopic (exact) mass is 778 g/mol. The zero-order chi connectivity index (χ0) is 27.1. The molecule has 0 N–H and O–H groups in total. The van der Waals surface area contributed by atoms with Crippen LogP contribution in [0.1, 0.15) is 0 Å². The Hall–Kier alpha value is -0.208. The first-order valence-corrected chi connectivity index (χ1v) is 16.1. The number of benzene rings is 4. The third kappa shape index (κ3) is 12.3. The molecule has 216 valence electrons. The molecule has 0 atom stereocenters. The van der Waals surface area contributed by atoms with Crippen LogP contribution in [-0.4, -0.2) is 0 Å². The molecule has 4 aromatic carbocycles. The summed E-state index contributed by atoms with van der Waals surface area (Å²) < 4.78 is 0. The summed E-state index contributed by atoms with van der Waals surface area (Å²) in [5.41, 5.74) is 2.84. The molecule has 2 fully saturated rings. The van der Waals surface area contributed by atoms with Gasteiger partial charge in [0.15, 0.2) is 0 Å². The summed E-state index contributed by atoms with van der Waals surface area (Å²) in [5.74, 6) is 0. The summed E-state index contributed by atoms with van der Waals surface area (Å²) in [6.45, 7) is 0. The molecule has 2 saturated carbocycles. The third-order valence-corrected chi connectivity index (χ3v) is 10.8. The van der Waals surface area contributed by atoms with Gasteiger partial charge in [0.1, 0.15) is 0 Å². The maximum atomic E-state index is 4.64. The SMILES string of the molecule is Cl[CH-]Cl.[CH]1[CH][CH][C](P(c2ccccc2)c2ccccc2)[CH]1.[CH]1[CH][CH][C](P(c2ccccc2)c2ccccc2)[CH]1.[Cl-].[Fe+2].[Pd+2]. The van der Waals surface area contributed by atoms with E-state index in [0.29, 0.717) is 0 Å². The van der Waals surface area contributed by atoms with E-state index in [1.807, 2.05) is 0 Å². The van der Waals surface area contributed by atoms with E-state index >= 15 is 0 Å². The van der Waals surface area contributed by atoms with Gasteiger partial charge in [-0.2, -0.15) is 5.34 Å². The van der Waals surface area contributed by atoms with E-state index in [0.717, 1.165) is 5.34 Å². The first-order chi connectivity index (χ1) is 19.3. The van der Waals surface area contributed by atoms with Gasteiger partial charge in [-0.3, -0.25) is 0 Å². The van der Waals surface area contributed by atoms with E-state index in [1.165, 1.54) is 32.5 Å². The van der Waals surface area contributed by atoms with Crippen molar-refractivity contribution in [3.8, 4) is 0 Å². The molecule has 0 bridgehead atoms. The quantitative estimate of drug-likeness (QED) is 0.137. The van der Waals surface area contributed by atoms with Crippen LogP contribution in [0.5, 0.6) is 0 Å². The Bertz CT molecular complexity index is 1000. The second-order valence-corrected chi connectivity index (χ2v) is 13.5. The second kappa shape index (κ2) is 23.2. The molecule has 42 heavy (non-hydrogen) atoms. The van der Waals surface area contributed by atoms with Gasteiger partial charge in [0.2, 0.25) is 0 Å². The van der Waals surface area contributed by atoms with Gasteiger partial charge >= 0.3 is 37.5 Å². The van der Waals surface area contributed by atoms with Crippen LogP contribution in [0.15, 0.2) is 121 Å². The van der Waals surface area contributed by atoms with E-state index in [9.17, 15) is 0 Å². The molecule has 0 nitrogen and oxygen atoms in total. The maximum absolute atomic E-state index is 4.64. The van der Waals surface area contributed by atoms with Gasteiger partial charge in [-0.1, -0.05) is 121 Å². The molecule has 0 spiro atoms. The maximum Gasteiger partial charge on any atom is 2.00 e. The second-order valence-electron chi connectivity index (χ2n) is 8.38. The van der Waals surface area contributed by atoms with Crippen LogP contribution >= 0.6 is 39.0 Å². The summed E-state index contributed by atoms with van der Waals surface area (Å²) in [7, 11) is -0.818. The number of hydrogen-bond donors (Lipinski definition) is 0. The molecule has 0 amide bonds. The first-order valence-electron chi connectivity index (χ1n) is 12.6. The smallest absolute Gasteiger partial charge is 1.00 e. The Kier molecular flexibility index (Phi) is 22.0. The van der Waals surface area contributed by atoms with Crippen LogP contribution in [0, 0.1) is 68.0 Å². The molecular weight excluding hydrogens is 751 g/mol. The van der Waals surface area contributed by atoms with Gasteiger partial charge in [-0.05, 0) is 88.4 Å². The Morgan fingerprint density at radius 3 is 0.786 bits per heavy atom. The van der Waals surface area contributed by atoms with Crippen molar-refractivity contribution >= 4 is 60.3 Å². The molecule has 6 rings (SSSR count). The van der Waals surface area contributed by atoms with E-state index in [1.54, 1.807) is 0 Å². The molecular formula is C35H29Cl3FeP2Pd+2. The topological polar surface area (TPSA) is 0 Å². The van der Waals surface area contributed by atoms with Gasteiger partial charge < -0.3 is 35.6 Å². The van der Waals surface area contributed by atoms with Gasteiger partial charge in [0, 0.05) is 11.3 Å². The fourth-order valence-corrected chi connectivity index (χ4v) is 8.84. The summed E-state index contributed by atoms with van der Waals surface area (Å²) in [6, 6.07) is 43.1. The number of rotatable bonds is 6. The average molecular weight is 780 g/mol. The predicted octanol–water partition coefficient (Wildman–Crippen LogP) is 5.55. The molecule has 0 heterocycles. The molecule has 4 aromatic rings. The molecule has 0 aliphatic heterocycles. The molecule has 2 aliphatic carbocycles. The molecule has 0 aromatic heterocycles. The van der Waals surface area contributed by atoms with Crippen LogP contribution < -0.4 is 33.6 Å². The fraction of sp³-hybridized carbons (Fsp3) is 0. The Morgan fingerprint density at radius 2 is 0.595 bits per heavy atom. The Labute approximate surface area is 297 Å². The molecule has 0 saturated heterocycles. The van der Waals surface area contributed by atoms with Crippen LogP contribution in [0.4, 0.5) is 0 Å². The van der Waals surface area contributed by atoms with Crippen LogP contribution in [0.3, 0.4) is 0 Å². The zero-order valence-electron chi connectivity index (χ0n) is 22.4. The average Bonchev–Trinajstić information content (AvgIpc) is 3.72. The summed E-state index contributed by atoms with van der Waals surface area (Å²) in [4.78, 5) is 0. The minimum atomic E-state index is -0.409. The zero-order valence-corrected chi connectivity index (χ0v) is 29.2. The minimum absolute atomic E-state index is 0. The fourth-order valence-electron chi connectivity index (χ4n) is 4.23. The largest absolute Gasteiger partial charge is 2.00 e. The van der Waals surface area contributed by atoms with Crippen molar-refractivity contribution < 1.29 is 49.9 Å². The molecule has 7 heteroatoms. The number of halogens is 3. The summed E-state index contributed by atoms with van der Waals surface area (Å²) in [6.07, 6.45) is 17.4. The van der Waals surface area contributed by atoms with Crippen molar-refractivity contribution in [2.75, 3.05) is 0 Å². The van der Waals surface area contributed by atoms with Crippen LogP contribution in [0.25, 0.3) is 0 Å². The molecule has 0 unspecified atom stereocenters. The van der Waals surface area contributed by atoms with Crippen molar-refractivity contribution in [3.63, 3.8) is 0 Å². The van der Waals surface area contributed by atoms with Crippen molar-refractivity contribution in [1.82, 2.24) is 0 Å². The molecule has 2 aliphatic rings. The van der Waals surface area contributed by atoms with E-state index in [4.69, 9.17) is 0 Å². The van der Waals surface area contributed by atoms with Crippen molar-refractivity contribution in [3.05, 3.63) is 189 Å². The van der Waals surface area contributed by atoms with Gasteiger partial charge in [0.05, 0.1) is 0 Å². The van der Waals surface area contributed by atoms with Crippen LogP contribution in [-0.2, 0) is 37.5 Å². The van der Waals surface area contributed by atoms with Crippen molar-refractivity contribution in [2.24, 2.45) is 0 Å². The summed E-state index contributed by atoms with van der Waals surface area (Å²) >= 11 is 9.28. The normalized spacial score (nSPS) is 14.4. The Balaban J connectivity index is 0.000000361. The van der Waals surface area contributed by atoms with Gasteiger partial charge in [-0.25, -0.2) is 0 Å². The van der Waals surface area contributed by atoms with E-state index < -0.39 is 15.8 Å². The van der Waals surface area contributed by atoms with E-state index in [2.05, 4.69) is 196 Å². The van der Waals surface area contributed by atoms with Gasteiger partial charge in [0.25, 0.3) is 0 Å². The first kappa shape index (κ1) is 39.8. The predicted molar refractivity (Wildman–Crippen MR) is 175 cm³/mol. The molecule has 10 radical (unpaired) electrons. The van der Waals surface area contributed by atoms with Crippen molar-refractivity contribution in [1.29, 1.82) is 0 Å². The van der Waals surface area contributed by atoms with Gasteiger partial charge in [-0.15, -0.1) is 0 Å². The third-order valence-electron chi connectivity index (χ3n) is 5.86. The Morgan fingerprint density at radius 1 is 0.405 bits per heavy atom. The number of hydrogen-bond acceptors (Lipinski definition) is 0. The standard InChI is InChI=1S/2C17H14P.CHCl2.ClH.Fe.Pd/c2*1-3-9-15(10-4-1)18(17-13-7-8-14-17)16-11-5-2-6-12-16;2-1-3;;;/h2*1-14H;1H;1H;;/q;;-1;;2*+2/p-1. The summed E-state index contributed by atoms with van der Waals surface area (Å²) in [5, 5.41) is 6.57. The van der Waals surface area contributed by atoms with Crippen LogP contribution in [0.2, 0.25) is 0 Å². The minimum Gasteiger partial charge on any atom is -1.00 e. The van der Waals surface area contributed by atoms with E-state index in [-0.39, 0.29) is 49.9 Å². The van der Waals surface area contributed by atoms with Crippen molar-refractivity contribution in [2.45, 2.75) is 0 Å².